The standard InChI is InChI=1S/C18H18N2O2/c21-12-18-19-15-3-1-2-4-16(15)20(18)9-7-13-5-6-17-14(11-13)8-10-22-17/h1-6,11,21H,7-10,12H2. The van der Waals surface area contributed by atoms with Gasteiger partial charge in [0.05, 0.1) is 17.6 Å². The van der Waals surface area contributed by atoms with E-state index in [9.17, 15) is 5.11 Å². The highest BCUT2D eigenvalue weighted by atomic mass is 16.5. The summed E-state index contributed by atoms with van der Waals surface area (Å²) in [7, 11) is 0. The lowest BCUT2D eigenvalue weighted by molar-refractivity contribution is 0.266. The van der Waals surface area contributed by atoms with Crippen molar-refractivity contribution in [2.45, 2.75) is 26.0 Å². The molecule has 0 bridgehead atoms. The molecule has 0 fully saturated rings. The zero-order valence-corrected chi connectivity index (χ0v) is 12.3. The van der Waals surface area contributed by atoms with E-state index in [1.54, 1.807) is 0 Å². The van der Waals surface area contributed by atoms with Gasteiger partial charge < -0.3 is 14.4 Å². The Bertz CT molecular complexity index is 823. The van der Waals surface area contributed by atoms with E-state index in [2.05, 4.69) is 33.8 Å². The highest BCUT2D eigenvalue weighted by molar-refractivity contribution is 5.75. The maximum Gasteiger partial charge on any atom is 0.135 e. The van der Waals surface area contributed by atoms with E-state index >= 15 is 0 Å². The molecule has 0 saturated carbocycles. The number of rotatable bonds is 4. The predicted octanol–water partition coefficient (Wildman–Crippen LogP) is 2.71. The number of aromatic nitrogens is 2. The second-order valence-electron chi connectivity index (χ2n) is 5.62. The van der Waals surface area contributed by atoms with Crippen molar-refractivity contribution in [2.75, 3.05) is 6.61 Å². The zero-order chi connectivity index (χ0) is 14.9. The van der Waals surface area contributed by atoms with Gasteiger partial charge in [-0.25, -0.2) is 4.98 Å². The molecule has 0 spiro atoms. The monoisotopic (exact) mass is 294 g/mol. The van der Waals surface area contributed by atoms with Gasteiger partial charge in [-0.3, -0.25) is 0 Å². The third kappa shape index (κ3) is 2.25. The number of ether oxygens (including phenoxy) is 1. The van der Waals surface area contributed by atoms with E-state index in [0.29, 0.717) is 0 Å². The van der Waals surface area contributed by atoms with Crippen LogP contribution in [-0.2, 0) is 26.0 Å². The van der Waals surface area contributed by atoms with Crippen LogP contribution >= 0.6 is 0 Å². The molecule has 112 valence electrons. The Kier molecular flexibility index (Phi) is 3.31. The maximum absolute atomic E-state index is 9.54. The van der Waals surface area contributed by atoms with Crippen LogP contribution in [0.15, 0.2) is 42.5 Å². The van der Waals surface area contributed by atoms with Crippen LogP contribution in [0.5, 0.6) is 5.75 Å². The van der Waals surface area contributed by atoms with Crippen LogP contribution in [0.3, 0.4) is 0 Å². The van der Waals surface area contributed by atoms with Gasteiger partial charge in [-0.15, -0.1) is 0 Å². The number of imidazole rings is 1. The highest BCUT2D eigenvalue weighted by Gasteiger charge is 2.13. The lowest BCUT2D eigenvalue weighted by atomic mass is 10.1. The van der Waals surface area contributed by atoms with Crippen LogP contribution < -0.4 is 4.74 Å². The number of aliphatic hydroxyl groups excluding tert-OH is 1. The van der Waals surface area contributed by atoms with Crippen molar-refractivity contribution >= 4 is 11.0 Å². The molecule has 4 nitrogen and oxygen atoms in total. The molecule has 3 aromatic rings. The number of hydrogen-bond donors (Lipinski definition) is 1. The lowest BCUT2D eigenvalue weighted by Gasteiger charge is -2.09. The Labute approximate surface area is 129 Å². The third-order valence-corrected chi connectivity index (χ3v) is 4.25. The summed E-state index contributed by atoms with van der Waals surface area (Å²) in [5, 5.41) is 9.54. The van der Waals surface area contributed by atoms with Crippen LogP contribution in [0.2, 0.25) is 0 Å². The summed E-state index contributed by atoms with van der Waals surface area (Å²) < 4.78 is 7.66. The lowest BCUT2D eigenvalue weighted by Crippen LogP contribution is -2.06. The van der Waals surface area contributed by atoms with E-state index in [4.69, 9.17) is 4.74 Å². The van der Waals surface area contributed by atoms with Gasteiger partial charge in [0.1, 0.15) is 18.2 Å². The van der Waals surface area contributed by atoms with Gasteiger partial charge >= 0.3 is 0 Å². The molecule has 0 unspecified atom stereocenters. The zero-order valence-electron chi connectivity index (χ0n) is 12.3. The van der Waals surface area contributed by atoms with Crippen molar-refractivity contribution in [3.8, 4) is 5.75 Å². The van der Waals surface area contributed by atoms with E-state index < -0.39 is 0 Å². The number of benzene rings is 2. The molecule has 2 aromatic carbocycles. The Morgan fingerprint density at radius 1 is 1.18 bits per heavy atom. The van der Waals surface area contributed by atoms with Crippen LogP contribution in [-0.4, -0.2) is 21.3 Å². The van der Waals surface area contributed by atoms with Gasteiger partial charge in [0.2, 0.25) is 0 Å². The first-order valence-electron chi connectivity index (χ1n) is 7.65. The van der Waals surface area contributed by atoms with E-state index in [-0.39, 0.29) is 6.61 Å². The van der Waals surface area contributed by atoms with Gasteiger partial charge in [-0.2, -0.15) is 0 Å². The molecule has 4 rings (SSSR count). The van der Waals surface area contributed by atoms with Gasteiger partial charge in [-0.1, -0.05) is 24.3 Å². The normalized spacial score (nSPS) is 13.3. The van der Waals surface area contributed by atoms with Gasteiger partial charge in [0.25, 0.3) is 0 Å². The Balaban J connectivity index is 1.61. The number of fused-ring (bicyclic) bond motifs is 2. The smallest absolute Gasteiger partial charge is 0.135 e. The van der Waals surface area contributed by atoms with Gasteiger partial charge in [0, 0.05) is 13.0 Å². The molecule has 1 aromatic heterocycles. The average Bonchev–Trinajstić information content (AvgIpc) is 3.16. The second-order valence-corrected chi connectivity index (χ2v) is 5.62. The summed E-state index contributed by atoms with van der Waals surface area (Å²) >= 11 is 0. The minimum Gasteiger partial charge on any atom is -0.493 e. The van der Waals surface area contributed by atoms with Gasteiger partial charge in [-0.05, 0) is 35.7 Å². The first-order valence-corrected chi connectivity index (χ1v) is 7.65. The Hall–Kier alpha value is -2.33. The van der Waals surface area contributed by atoms with E-state index in [1.165, 1.54) is 11.1 Å². The van der Waals surface area contributed by atoms with Crippen LogP contribution in [0, 0.1) is 0 Å². The van der Waals surface area contributed by atoms with Gasteiger partial charge in [0.15, 0.2) is 0 Å². The molecule has 1 aliphatic heterocycles. The van der Waals surface area contributed by atoms with Crippen molar-refractivity contribution in [3.63, 3.8) is 0 Å². The molecule has 22 heavy (non-hydrogen) atoms. The molecule has 0 aliphatic carbocycles. The van der Waals surface area contributed by atoms with Crippen molar-refractivity contribution in [2.24, 2.45) is 0 Å². The number of aryl methyl sites for hydroxylation is 2. The largest absolute Gasteiger partial charge is 0.493 e. The number of para-hydroxylation sites is 2. The molecule has 1 aliphatic rings. The van der Waals surface area contributed by atoms with Crippen molar-refractivity contribution < 1.29 is 9.84 Å². The summed E-state index contributed by atoms with van der Waals surface area (Å²) in [6.45, 7) is 1.57. The summed E-state index contributed by atoms with van der Waals surface area (Å²) in [5.41, 5.74) is 4.62. The Morgan fingerprint density at radius 3 is 3.00 bits per heavy atom. The SMILES string of the molecule is OCc1nc2ccccc2n1CCc1ccc2c(c1)CCO2. The van der Waals surface area contributed by atoms with Crippen LogP contribution in [0.25, 0.3) is 11.0 Å². The summed E-state index contributed by atoms with van der Waals surface area (Å²) in [6, 6.07) is 14.4. The Morgan fingerprint density at radius 2 is 2.09 bits per heavy atom. The summed E-state index contributed by atoms with van der Waals surface area (Å²) in [5.74, 6) is 1.75. The predicted molar refractivity (Wildman–Crippen MR) is 85.0 cm³/mol. The molecule has 0 amide bonds. The number of nitrogens with zero attached hydrogens (tertiary/aromatic N) is 2. The van der Waals surface area contributed by atoms with Crippen molar-refractivity contribution in [3.05, 3.63) is 59.4 Å². The minimum atomic E-state index is -0.0350. The van der Waals surface area contributed by atoms with Crippen molar-refractivity contribution in [1.82, 2.24) is 9.55 Å². The number of hydrogen-bond acceptors (Lipinski definition) is 3. The molecular weight excluding hydrogens is 276 g/mol. The van der Waals surface area contributed by atoms with E-state index in [1.807, 2.05) is 18.2 Å². The average molecular weight is 294 g/mol. The molecule has 2 heterocycles. The minimum absolute atomic E-state index is 0.0350. The topological polar surface area (TPSA) is 47.3 Å². The fourth-order valence-corrected chi connectivity index (χ4v) is 3.13. The first kappa shape index (κ1) is 13.3. The highest BCUT2D eigenvalue weighted by Crippen LogP contribution is 2.26. The molecule has 0 saturated heterocycles. The third-order valence-electron chi connectivity index (χ3n) is 4.25. The fraction of sp³-hybridized carbons (Fsp3) is 0.278. The van der Waals surface area contributed by atoms with Crippen molar-refractivity contribution in [1.29, 1.82) is 0 Å². The fourth-order valence-electron chi connectivity index (χ4n) is 3.13. The molecule has 4 heteroatoms. The second kappa shape index (κ2) is 5.46. The molecular formula is C18H18N2O2. The molecule has 0 atom stereocenters. The van der Waals surface area contributed by atoms with Crippen LogP contribution in [0.4, 0.5) is 0 Å². The molecule has 1 N–H and O–H groups in total. The quantitative estimate of drug-likeness (QED) is 0.805. The summed E-state index contributed by atoms with van der Waals surface area (Å²) in [4.78, 5) is 4.49. The number of aliphatic hydroxyl groups is 1. The van der Waals surface area contributed by atoms with Crippen LogP contribution in [0.1, 0.15) is 17.0 Å². The van der Waals surface area contributed by atoms with E-state index in [0.717, 1.165) is 48.6 Å². The summed E-state index contributed by atoms with van der Waals surface area (Å²) in [6.07, 6.45) is 1.92. The maximum atomic E-state index is 9.54. The molecule has 0 radical (unpaired) electrons. The first-order chi connectivity index (χ1) is 10.8.